The normalized spacial score (nSPS) is 11.2. The van der Waals surface area contributed by atoms with Crippen LogP contribution >= 0.6 is 0 Å². The Morgan fingerprint density at radius 2 is 2.03 bits per heavy atom. The molecule has 0 saturated heterocycles. The van der Waals surface area contributed by atoms with Crippen LogP contribution in [0.4, 0.5) is 4.79 Å². The first kappa shape index (κ1) is 23.7. The van der Waals surface area contributed by atoms with Crippen molar-refractivity contribution < 1.29 is 43.3 Å². The van der Waals surface area contributed by atoms with Crippen molar-refractivity contribution in [2.75, 3.05) is 19.8 Å². The Labute approximate surface area is 166 Å². The number of nitrogens with zero attached hydrogens (tertiary/aromatic N) is 1. The molecular weight excluding hydrogens is 390 g/mol. The largest absolute Gasteiger partial charge is 0.464 e. The van der Waals surface area contributed by atoms with Gasteiger partial charge in [0.25, 0.3) is 12.6 Å². The molecule has 0 fully saturated rings. The number of nitrogens with one attached hydrogen (secondary N) is 3. The average Bonchev–Trinajstić information content (AvgIpc) is 2.69. The van der Waals surface area contributed by atoms with E-state index in [0.717, 1.165) is 0 Å². The molecule has 0 saturated carbocycles. The van der Waals surface area contributed by atoms with E-state index in [-0.39, 0.29) is 32.1 Å². The maximum atomic E-state index is 12.0. The molecule has 0 aliphatic rings. The minimum atomic E-state index is -1.27. The molecule has 0 aromatic carbocycles. The molecular formula is C16H24N5O8+. The zero-order chi connectivity index (χ0) is 21.6. The lowest BCUT2D eigenvalue weighted by molar-refractivity contribution is -0.727. The van der Waals surface area contributed by atoms with E-state index in [2.05, 4.69) is 15.5 Å². The zero-order valence-electron chi connectivity index (χ0n) is 15.8. The zero-order valence-corrected chi connectivity index (χ0v) is 15.8. The van der Waals surface area contributed by atoms with Crippen molar-refractivity contribution in [2.24, 2.45) is 5.73 Å². The molecule has 1 heterocycles. The molecule has 6 N–H and O–H groups in total. The number of carbonyl (C=O) groups is 4. The van der Waals surface area contributed by atoms with Crippen LogP contribution in [0.3, 0.4) is 0 Å². The molecule has 1 aromatic rings. The first-order chi connectivity index (χ1) is 13.9. The van der Waals surface area contributed by atoms with Crippen molar-refractivity contribution in [1.29, 1.82) is 0 Å². The first-order valence-electron chi connectivity index (χ1n) is 8.53. The van der Waals surface area contributed by atoms with Crippen LogP contribution in [0.5, 0.6) is 0 Å². The molecule has 29 heavy (non-hydrogen) atoms. The SMILES string of the molecule is CCOC(=O)C(CC(N)=O)NC(=O)OC[n+]1cccc(C(=O)NCCONO)c1. The van der Waals surface area contributed by atoms with E-state index in [4.69, 9.17) is 20.4 Å². The number of ether oxygens (including phenoxy) is 2. The summed E-state index contributed by atoms with van der Waals surface area (Å²) in [6.45, 7) is 1.57. The van der Waals surface area contributed by atoms with Crippen molar-refractivity contribution in [3.8, 4) is 0 Å². The molecule has 0 radical (unpaired) electrons. The Morgan fingerprint density at radius 3 is 2.69 bits per heavy atom. The number of nitrogens with two attached hydrogens (primary N) is 1. The predicted octanol–water partition coefficient (Wildman–Crippen LogP) is -1.89. The number of esters is 1. The van der Waals surface area contributed by atoms with Crippen molar-refractivity contribution in [1.82, 2.24) is 16.3 Å². The third-order valence-corrected chi connectivity index (χ3v) is 3.29. The molecule has 0 aliphatic heterocycles. The summed E-state index contributed by atoms with van der Waals surface area (Å²) in [4.78, 5) is 51.2. The lowest BCUT2D eigenvalue weighted by atomic mass is 10.2. The Bertz CT molecular complexity index is 714. The third-order valence-electron chi connectivity index (χ3n) is 3.29. The fourth-order valence-electron chi connectivity index (χ4n) is 2.05. The van der Waals surface area contributed by atoms with Gasteiger partial charge in [-0.1, -0.05) is 5.64 Å². The number of hydrogen-bond acceptors (Lipinski definition) is 9. The number of amides is 3. The standard InChI is InChI=1S/C16H23N5O8/c1-2-27-15(24)12(8-13(17)22)19-16(25)28-10-21-6-3-4-11(9-21)14(23)18-5-7-29-20-26/h3-4,6,9,12,20,26H,2,5,7-8,10H2,1H3,(H3-,17,18,19,22,23,25)/p+1. The van der Waals surface area contributed by atoms with Crippen molar-refractivity contribution in [3.63, 3.8) is 0 Å². The summed E-state index contributed by atoms with van der Waals surface area (Å²) < 4.78 is 11.2. The van der Waals surface area contributed by atoms with E-state index in [1.54, 1.807) is 25.3 Å². The van der Waals surface area contributed by atoms with Crippen LogP contribution < -0.4 is 26.6 Å². The van der Waals surface area contributed by atoms with E-state index >= 15 is 0 Å². The molecule has 0 bridgehead atoms. The summed E-state index contributed by atoms with van der Waals surface area (Å²) in [5, 5.41) is 13.0. The highest BCUT2D eigenvalue weighted by Crippen LogP contribution is 1.98. The molecule has 0 aliphatic carbocycles. The highest BCUT2D eigenvalue weighted by atomic mass is 16.8. The summed E-state index contributed by atoms with van der Waals surface area (Å²) in [6.07, 6.45) is 1.57. The minimum absolute atomic E-state index is 0.0469. The molecule has 1 aromatic heterocycles. The van der Waals surface area contributed by atoms with Crippen LogP contribution in [0.1, 0.15) is 23.7 Å². The molecule has 1 rings (SSSR count). The average molecular weight is 414 g/mol. The first-order valence-corrected chi connectivity index (χ1v) is 8.53. The van der Waals surface area contributed by atoms with Crippen LogP contribution in [0.25, 0.3) is 0 Å². The van der Waals surface area contributed by atoms with Gasteiger partial charge < -0.3 is 25.8 Å². The number of alkyl carbamates (subject to hydrolysis) is 1. The van der Waals surface area contributed by atoms with Gasteiger partial charge in [0.05, 0.1) is 19.6 Å². The smallest absolute Gasteiger partial charge is 0.412 e. The number of aromatic nitrogens is 1. The fourth-order valence-corrected chi connectivity index (χ4v) is 2.05. The molecule has 0 spiro atoms. The van der Waals surface area contributed by atoms with E-state index in [0.29, 0.717) is 0 Å². The molecule has 1 atom stereocenters. The van der Waals surface area contributed by atoms with Gasteiger partial charge in [0, 0.05) is 12.6 Å². The lowest BCUT2D eigenvalue weighted by Crippen LogP contribution is -2.46. The van der Waals surface area contributed by atoms with Gasteiger partial charge in [-0.25, -0.2) is 9.59 Å². The van der Waals surface area contributed by atoms with Gasteiger partial charge in [0.15, 0.2) is 12.4 Å². The van der Waals surface area contributed by atoms with Crippen molar-refractivity contribution in [2.45, 2.75) is 26.1 Å². The van der Waals surface area contributed by atoms with Crippen molar-refractivity contribution >= 4 is 23.9 Å². The number of primary amides is 1. The van der Waals surface area contributed by atoms with Crippen LogP contribution in [-0.2, 0) is 30.6 Å². The number of pyridine rings is 1. The second-order valence-corrected chi connectivity index (χ2v) is 5.48. The summed E-state index contributed by atoms with van der Waals surface area (Å²) >= 11 is 0. The third kappa shape index (κ3) is 9.46. The summed E-state index contributed by atoms with van der Waals surface area (Å²) in [5.41, 5.74) is 6.83. The van der Waals surface area contributed by atoms with Gasteiger partial charge in [-0.05, 0) is 13.0 Å². The molecule has 1 unspecified atom stereocenters. The molecule has 13 nitrogen and oxygen atoms in total. The van der Waals surface area contributed by atoms with Crippen LogP contribution in [0, 0.1) is 0 Å². The van der Waals surface area contributed by atoms with Gasteiger partial charge >= 0.3 is 12.1 Å². The van der Waals surface area contributed by atoms with Gasteiger partial charge in [-0.3, -0.25) is 19.6 Å². The molecule has 13 heteroatoms. The Kier molecular flexibility index (Phi) is 10.6. The molecule has 160 valence electrons. The van der Waals surface area contributed by atoms with Gasteiger partial charge in [0.2, 0.25) is 5.91 Å². The lowest BCUT2D eigenvalue weighted by Gasteiger charge is -2.15. The fraction of sp³-hybridized carbons (Fsp3) is 0.438. The number of carbonyl (C=O) groups excluding carboxylic acids is 4. The number of rotatable bonds is 12. The van der Waals surface area contributed by atoms with E-state index < -0.39 is 36.3 Å². The molecule has 3 amide bonds. The van der Waals surface area contributed by atoms with Crippen LogP contribution in [0.15, 0.2) is 24.5 Å². The predicted molar refractivity (Wildman–Crippen MR) is 93.7 cm³/mol. The van der Waals surface area contributed by atoms with Gasteiger partial charge in [-0.2, -0.15) is 4.57 Å². The topological polar surface area (TPSA) is 182 Å². The highest BCUT2D eigenvalue weighted by Gasteiger charge is 2.25. The summed E-state index contributed by atoms with van der Waals surface area (Å²) in [7, 11) is 0. The van der Waals surface area contributed by atoms with E-state index in [9.17, 15) is 19.2 Å². The minimum Gasteiger partial charge on any atom is -0.464 e. The summed E-state index contributed by atoms with van der Waals surface area (Å²) in [6, 6.07) is 1.84. The second-order valence-electron chi connectivity index (χ2n) is 5.48. The highest BCUT2D eigenvalue weighted by molar-refractivity contribution is 5.93. The number of hydrogen-bond donors (Lipinski definition) is 5. The van der Waals surface area contributed by atoms with Crippen molar-refractivity contribution in [3.05, 3.63) is 30.1 Å². The van der Waals surface area contributed by atoms with Crippen LogP contribution in [-0.4, -0.2) is 54.9 Å². The Hall–Kier alpha value is -3.29. The van der Waals surface area contributed by atoms with Crippen LogP contribution in [0.2, 0.25) is 0 Å². The quantitative estimate of drug-likeness (QED) is 0.113. The van der Waals surface area contributed by atoms with E-state index in [1.165, 1.54) is 16.4 Å². The maximum absolute atomic E-state index is 12.0. The monoisotopic (exact) mass is 414 g/mol. The Morgan fingerprint density at radius 1 is 1.28 bits per heavy atom. The van der Waals surface area contributed by atoms with Gasteiger partial charge in [0.1, 0.15) is 11.6 Å². The van der Waals surface area contributed by atoms with E-state index in [1.807, 2.05) is 0 Å². The van der Waals surface area contributed by atoms with Gasteiger partial charge in [-0.15, -0.1) is 0 Å². The summed E-state index contributed by atoms with van der Waals surface area (Å²) in [5.74, 6) is -2.01. The second kappa shape index (κ2) is 13.0. The Balaban J connectivity index is 2.58. The maximum Gasteiger partial charge on any atom is 0.412 e.